The van der Waals surface area contributed by atoms with Gasteiger partial charge in [0.15, 0.2) is 21.3 Å². The number of amides is 1. The lowest BCUT2D eigenvalue weighted by Gasteiger charge is -2.31. The minimum atomic E-state index is -3.02. The molecular formula is C14H17NO5S. The van der Waals surface area contributed by atoms with Gasteiger partial charge in [0.05, 0.1) is 11.5 Å². The van der Waals surface area contributed by atoms with Crippen molar-refractivity contribution in [3.63, 3.8) is 0 Å². The quantitative estimate of drug-likeness (QED) is 0.861. The normalized spacial score (nSPS) is 29.9. The van der Waals surface area contributed by atoms with Crippen molar-refractivity contribution in [1.82, 2.24) is 5.32 Å². The summed E-state index contributed by atoms with van der Waals surface area (Å²) in [6, 6.07) is 6.82. The summed E-state index contributed by atoms with van der Waals surface area (Å²) in [6.45, 7) is 1.76. The van der Waals surface area contributed by atoms with Crippen molar-refractivity contribution in [3.8, 4) is 11.5 Å². The largest absolute Gasteiger partial charge is 0.482 e. The fraction of sp³-hybridized carbons (Fsp3) is 0.500. The van der Waals surface area contributed by atoms with Gasteiger partial charge < -0.3 is 14.8 Å². The molecule has 2 heterocycles. The number of fused-ring (bicyclic) bond motifs is 1. The van der Waals surface area contributed by atoms with Crippen LogP contribution in [0.4, 0.5) is 0 Å². The molecule has 0 saturated carbocycles. The highest BCUT2D eigenvalue weighted by Crippen LogP contribution is 2.33. The molecule has 3 atom stereocenters. The van der Waals surface area contributed by atoms with Crippen molar-refractivity contribution in [2.24, 2.45) is 0 Å². The molecule has 3 rings (SSSR count). The Morgan fingerprint density at radius 3 is 2.52 bits per heavy atom. The molecule has 0 aromatic heterocycles. The fourth-order valence-corrected chi connectivity index (χ4v) is 4.27. The van der Waals surface area contributed by atoms with Gasteiger partial charge in [-0.15, -0.1) is 0 Å². The van der Waals surface area contributed by atoms with Crippen molar-refractivity contribution in [3.05, 3.63) is 24.3 Å². The lowest BCUT2D eigenvalue weighted by molar-refractivity contribution is -0.134. The van der Waals surface area contributed by atoms with Crippen LogP contribution in [0.25, 0.3) is 0 Å². The zero-order chi connectivity index (χ0) is 15.0. The van der Waals surface area contributed by atoms with Crippen molar-refractivity contribution in [1.29, 1.82) is 0 Å². The van der Waals surface area contributed by atoms with Crippen molar-refractivity contribution in [2.45, 2.75) is 31.6 Å². The summed E-state index contributed by atoms with van der Waals surface area (Å²) in [5, 5.41) is 2.74. The number of para-hydroxylation sites is 2. The summed E-state index contributed by atoms with van der Waals surface area (Å²) < 4.78 is 34.2. The van der Waals surface area contributed by atoms with Gasteiger partial charge in [0.2, 0.25) is 6.10 Å². The highest BCUT2D eigenvalue weighted by molar-refractivity contribution is 7.91. The Kier molecular flexibility index (Phi) is 3.52. The van der Waals surface area contributed by atoms with E-state index in [9.17, 15) is 13.2 Å². The highest BCUT2D eigenvalue weighted by Gasteiger charge is 2.37. The Labute approximate surface area is 123 Å². The van der Waals surface area contributed by atoms with Crippen LogP contribution in [0.3, 0.4) is 0 Å². The second-order valence-electron chi connectivity index (χ2n) is 5.42. The van der Waals surface area contributed by atoms with Gasteiger partial charge >= 0.3 is 0 Å². The van der Waals surface area contributed by atoms with Gasteiger partial charge in [-0.3, -0.25) is 4.79 Å². The Hall–Kier alpha value is -1.76. The van der Waals surface area contributed by atoms with Crippen molar-refractivity contribution < 1.29 is 22.7 Å². The van der Waals surface area contributed by atoms with Crippen LogP contribution in [0.5, 0.6) is 11.5 Å². The molecule has 6 nitrogen and oxygen atoms in total. The molecule has 0 spiro atoms. The number of sulfone groups is 1. The highest BCUT2D eigenvalue weighted by atomic mass is 32.2. The Bertz CT molecular complexity index is 657. The van der Waals surface area contributed by atoms with Gasteiger partial charge in [-0.25, -0.2) is 8.42 Å². The summed E-state index contributed by atoms with van der Waals surface area (Å²) >= 11 is 0. The van der Waals surface area contributed by atoms with Crippen LogP contribution < -0.4 is 14.8 Å². The standard InChI is InChI=1S/C14H17NO5S/c1-9-13(20-12-5-3-2-4-11(12)19-9)14(16)15-10-6-7-21(17,18)8-10/h2-5,9-10,13H,6-8H2,1H3,(H,15,16)/t9-,10-,13-/m0/s1. The third-order valence-corrected chi connectivity index (χ3v) is 5.45. The number of benzene rings is 1. The summed E-state index contributed by atoms with van der Waals surface area (Å²) in [5.74, 6) is 0.918. The molecule has 1 N–H and O–H groups in total. The number of rotatable bonds is 2. The molecule has 114 valence electrons. The maximum Gasteiger partial charge on any atom is 0.265 e. The second kappa shape index (κ2) is 5.22. The van der Waals surface area contributed by atoms with Crippen LogP contribution in [-0.2, 0) is 14.6 Å². The van der Waals surface area contributed by atoms with E-state index in [0.717, 1.165) is 0 Å². The molecular weight excluding hydrogens is 294 g/mol. The van der Waals surface area contributed by atoms with Gasteiger partial charge in [0, 0.05) is 6.04 Å². The summed E-state index contributed by atoms with van der Waals surface area (Å²) in [6.07, 6.45) is -0.756. The maximum atomic E-state index is 12.3. The first-order valence-corrected chi connectivity index (χ1v) is 8.70. The number of hydrogen-bond donors (Lipinski definition) is 1. The molecule has 0 unspecified atom stereocenters. The SMILES string of the molecule is C[C@@H]1Oc2ccccc2O[C@@H]1C(=O)N[C@H]1CCS(=O)(=O)C1. The van der Waals surface area contributed by atoms with Crippen LogP contribution in [0.15, 0.2) is 24.3 Å². The van der Waals surface area contributed by atoms with E-state index >= 15 is 0 Å². The van der Waals surface area contributed by atoms with Crippen LogP contribution in [-0.4, -0.2) is 44.1 Å². The Balaban J connectivity index is 1.68. The predicted molar refractivity (Wildman–Crippen MR) is 76.1 cm³/mol. The second-order valence-corrected chi connectivity index (χ2v) is 7.65. The van der Waals surface area contributed by atoms with E-state index in [-0.39, 0.29) is 23.5 Å². The molecule has 7 heteroatoms. The lowest BCUT2D eigenvalue weighted by atomic mass is 10.1. The van der Waals surface area contributed by atoms with Crippen LogP contribution in [0.1, 0.15) is 13.3 Å². The molecule has 0 radical (unpaired) electrons. The molecule has 1 aromatic carbocycles. The minimum Gasteiger partial charge on any atom is -0.482 e. The van der Waals surface area contributed by atoms with Crippen LogP contribution >= 0.6 is 0 Å². The van der Waals surface area contributed by atoms with Gasteiger partial charge in [-0.1, -0.05) is 12.1 Å². The number of nitrogens with one attached hydrogen (secondary N) is 1. The van der Waals surface area contributed by atoms with E-state index in [1.54, 1.807) is 25.1 Å². The molecule has 21 heavy (non-hydrogen) atoms. The molecule has 0 aliphatic carbocycles. The molecule has 0 bridgehead atoms. The number of hydrogen-bond acceptors (Lipinski definition) is 5. The number of carbonyl (C=O) groups is 1. The smallest absolute Gasteiger partial charge is 0.265 e. The van der Waals surface area contributed by atoms with E-state index in [1.807, 2.05) is 6.07 Å². The fourth-order valence-electron chi connectivity index (χ4n) is 2.60. The van der Waals surface area contributed by atoms with Gasteiger partial charge in [-0.05, 0) is 25.5 Å². The summed E-state index contributed by atoms with van der Waals surface area (Å²) in [7, 11) is -3.02. The average Bonchev–Trinajstić information content (AvgIpc) is 2.77. The monoisotopic (exact) mass is 311 g/mol. The maximum absolute atomic E-state index is 12.3. The molecule has 1 aromatic rings. The molecule has 1 amide bonds. The lowest BCUT2D eigenvalue weighted by Crippen LogP contribution is -2.51. The Morgan fingerprint density at radius 1 is 1.24 bits per heavy atom. The molecule has 2 aliphatic heterocycles. The van der Waals surface area contributed by atoms with Crippen molar-refractivity contribution >= 4 is 15.7 Å². The molecule has 1 saturated heterocycles. The molecule has 1 fully saturated rings. The van der Waals surface area contributed by atoms with Crippen LogP contribution in [0.2, 0.25) is 0 Å². The van der Waals surface area contributed by atoms with Gasteiger partial charge in [0.1, 0.15) is 6.10 Å². The first-order chi connectivity index (χ1) is 9.94. The average molecular weight is 311 g/mol. The van der Waals surface area contributed by atoms with Crippen LogP contribution in [0, 0.1) is 0 Å². The summed E-state index contributed by atoms with van der Waals surface area (Å²) in [4.78, 5) is 12.3. The Morgan fingerprint density at radius 2 is 1.90 bits per heavy atom. The first-order valence-electron chi connectivity index (χ1n) is 6.88. The first kappa shape index (κ1) is 14.2. The van der Waals surface area contributed by atoms with E-state index in [1.165, 1.54) is 0 Å². The third kappa shape index (κ3) is 2.97. The van der Waals surface area contributed by atoms with Crippen molar-refractivity contribution in [2.75, 3.05) is 11.5 Å². The molecule has 2 aliphatic rings. The number of carbonyl (C=O) groups excluding carboxylic acids is 1. The minimum absolute atomic E-state index is 0.00269. The zero-order valence-electron chi connectivity index (χ0n) is 11.6. The van der Waals surface area contributed by atoms with E-state index < -0.39 is 22.0 Å². The van der Waals surface area contributed by atoms with Gasteiger partial charge in [-0.2, -0.15) is 0 Å². The predicted octanol–water partition coefficient (Wildman–Crippen LogP) is 0.518. The summed E-state index contributed by atoms with van der Waals surface area (Å²) in [5.41, 5.74) is 0. The van der Waals surface area contributed by atoms with E-state index in [0.29, 0.717) is 17.9 Å². The number of ether oxygens (including phenoxy) is 2. The van der Waals surface area contributed by atoms with E-state index in [4.69, 9.17) is 9.47 Å². The topological polar surface area (TPSA) is 81.7 Å². The van der Waals surface area contributed by atoms with E-state index in [2.05, 4.69) is 5.32 Å². The third-order valence-electron chi connectivity index (χ3n) is 3.68. The van der Waals surface area contributed by atoms with Gasteiger partial charge in [0.25, 0.3) is 5.91 Å². The zero-order valence-corrected chi connectivity index (χ0v) is 12.4.